The zero-order valence-electron chi connectivity index (χ0n) is 4.89. The van der Waals surface area contributed by atoms with E-state index in [-0.39, 0.29) is 0 Å². The molecule has 0 aliphatic carbocycles. The fraction of sp³-hybridized carbons (Fsp3) is 0.800. The third-order valence-electron chi connectivity index (χ3n) is 0.559. The summed E-state index contributed by atoms with van der Waals surface area (Å²) in [5, 5.41) is 8.06. The van der Waals surface area contributed by atoms with Crippen molar-refractivity contribution in [2.24, 2.45) is 0 Å². The molecule has 46 valence electrons. The minimum atomic E-state index is 0.619. The molecule has 8 heavy (non-hydrogen) atoms. The van der Waals surface area contributed by atoms with E-state index in [2.05, 4.69) is 6.07 Å². The number of nitrogens with zero attached hydrogens (tertiary/aromatic N) is 1. The molecule has 0 bridgehead atoms. The average Bonchev–Trinajstić information content (AvgIpc) is 1.81. The summed E-state index contributed by atoms with van der Waals surface area (Å²) in [5.41, 5.74) is 0. The molecule has 0 fully saturated rings. The van der Waals surface area contributed by atoms with Gasteiger partial charge in [0.1, 0.15) is 0 Å². The van der Waals surface area contributed by atoms with E-state index >= 15 is 0 Å². The van der Waals surface area contributed by atoms with Crippen LogP contribution in [0.25, 0.3) is 0 Å². The zero-order valence-corrected chi connectivity index (χ0v) is 5.70. The van der Waals surface area contributed by atoms with Crippen LogP contribution in [-0.2, 0) is 4.74 Å². The number of methoxy groups -OCH3 is 1. The normalized spacial score (nSPS) is 8.50. The monoisotopic (exact) mass is 131 g/mol. The van der Waals surface area contributed by atoms with Crippen molar-refractivity contribution in [1.82, 2.24) is 0 Å². The van der Waals surface area contributed by atoms with Crippen LogP contribution in [0.3, 0.4) is 0 Å². The predicted octanol–water partition coefficient (Wildman–Crippen LogP) is 1.24. The summed E-state index contributed by atoms with van der Waals surface area (Å²) in [5.74, 6) is 1.58. The van der Waals surface area contributed by atoms with Crippen LogP contribution in [-0.4, -0.2) is 18.8 Å². The van der Waals surface area contributed by atoms with Gasteiger partial charge in [0.05, 0.1) is 12.0 Å². The van der Waals surface area contributed by atoms with E-state index in [1.165, 1.54) is 0 Å². The third kappa shape index (κ3) is 5.80. The molecule has 0 saturated carbocycles. The Kier molecular flexibility index (Phi) is 6.63. The van der Waals surface area contributed by atoms with Gasteiger partial charge in [-0.15, -0.1) is 11.8 Å². The van der Waals surface area contributed by atoms with Crippen molar-refractivity contribution in [3.8, 4) is 6.07 Å². The van der Waals surface area contributed by atoms with Crippen molar-refractivity contribution >= 4 is 11.8 Å². The predicted molar refractivity (Wildman–Crippen MR) is 34.6 cm³/mol. The van der Waals surface area contributed by atoms with Gasteiger partial charge < -0.3 is 4.74 Å². The first-order chi connectivity index (χ1) is 3.91. The molecular weight excluding hydrogens is 122 g/mol. The van der Waals surface area contributed by atoms with Crippen LogP contribution in [0.15, 0.2) is 0 Å². The van der Waals surface area contributed by atoms with E-state index < -0.39 is 0 Å². The summed E-state index contributed by atoms with van der Waals surface area (Å²) in [6, 6.07) is 2.05. The van der Waals surface area contributed by atoms with Gasteiger partial charge in [0.25, 0.3) is 0 Å². The first kappa shape index (κ1) is 7.80. The second-order valence-corrected chi connectivity index (χ2v) is 2.28. The first-order valence-electron chi connectivity index (χ1n) is 2.35. The van der Waals surface area contributed by atoms with Crippen LogP contribution < -0.4 is 0 Å². The molecule has 0 rings (SSSR count). The van der Waals surface area contributed by atoms with E-state index in [4.69, 9.17) is 10.00 Å². The molecule has 0 aliphatic heterocycles. The van der Waals surface area contributed by atoms with Crippen molar-refractivity contribution in [2.75, 3.05) is 18.8 Å². The van der Waals surface area contributed by atoms with E-state index in [1.54, 1.807) is 18.9 Å². The van der Waals surface area contributed by atoms with Gasteiger partial charge in [-0.3, -0.25) is 0 Å². The van der Waals surface area contributed by atoms with Crippen LogP contribution in [0.2, 0.25) is 0 Å². The summed E-state index contributed by atoms with van der Waals surface area (Å²) in [6.45, 7) is 0. The molecule has 0 N–H and O–H groups in total. The van der Waals surface area contributed by atoms with Gasteiger partial charge in [-0.25, -0.2) is 0 Å². The number of rotatable bonds is 4. The Bertz CT molecular complexity index is 79.0. The molecule has 0 unspecified atom stereocenters. The van der Waals surface area contributed by atoms with Crippen molar-refractivity contribution in [3.05, 3.63) is 0 Å². The van der Waals surface area contributed by atoms with Gasteiger partial charge in [-0.2, -0.15) is 5.26 Å². The van der Waals surface area contributed by atoms with Gasteiger partial charge in [0.2, 0.25) is 0 Å². The maximum Gasteiger partial charge on any atom is 0.0917 e. The van der Waals surface area contributed by atoms with Gasteiger partial charge in [-0.05, 0) is 0 Å². The van der Waals surface area contributed by atoms with Crippen molar-refractivity contribution in [1.29, 1.82) is 5.26 Å². The van der Waals surface area contributed by atoms with Crippen LogP contribution in [0, 0.1) is 11.3 Å². The number of nitriles is 1. The summed E-state index contributed by atoms with van der Waals surface area (Å²) in [7, 11) is 1.65. The largest absolute Gasteiger partial charge is 0.374 e. The van der Waals surface area contributed by atoms with E-state index in [0.717, 1.165) is 5.75 Å². The molecule has 0 aromatic rings. The average molecular weight is 131 g/mol. The number of thioether (sulfide) groups is 1. The molecule has 0 aromatic carbocycles. The minimum absolute atomic E-state index is 0.619. The lowest BCUT2D eigenvalue weighted by atomic mass is 10.6. The quantitative estimate of drug-likeness (QED) is 0.425. The first-order valence-corrected chi connectivity index (χ1v) is 3.51. The Balaban J connectivity index is 2.65. The molecule has 3 heteroatoms. The smallest absolute Gasteiger partial charge is 0.0917 e. The topological polar surface area (TPSA) is 33.0 Å². The summed E-state index contributed by atoms with van der Waals surface area (Å²) < 4.78 is 4.74. The molecule has 0 radical (unpaired) electrons. The zero-order chi connectivity index (χ0) is 6.24. The van der Waals surface area contributed by atoms with Crippen LogP contribution in [0.1, 0.15) is 6.42 Å². The Hall–Kier alpha value is -0.200. The Morgan fingerprint density at radius 3 is 3.00 bits per heavy atom. The lowest BCUT2D eigenvalue weighted by Crippen LogP contribution is -1.82. The van der Waals surface area contributed by atoms with Gasteiger partial charge in [0, 0.05) is 19.3 Å². The lowest BCUT2D eigenvalue weighted by molar-refractivity contribution is 0.259. The highest BCUT2D eigenvalue weighted by molar-refractivity contribution is 7.99. The fourth-order valence-electron chi connectivity index (χ4n) is 0.260. The molecular formula is C5H9NOS. The van der Waals surface area contributed by atoms with Crippen molar-refractivity contribution in [3.63, 3.8) is 0 Å². The van der Waals surface area contributed by atoms with E-state index in [0.29, 0.717) is 12.4 Å². The second-order valence-electron chi connectivity index (χ2n) is 1.22. The fourth-order valence-corrected chi connectivity index (χ4v) is 0.780. The highest BCUT2D eigenvalue weighted by atomic mass is 32.2. The maximum atomic E-state index is 8.06. The Morgan fingerprint density at radius 2 is 2.50 bits per heavy atom. The number of ether oxygens (including phenoxy) is 1. The van der Waals surface area contributed by atoms with Crippen molar-refractivity contribution in [2.45, 2.75) is 6.42 Å². The second kappa shape index (κ2) is 6.80. The van der Waals surface area contributed by atoms with Gasteiger partial charge in [-0.1, -0.05) is 0 Å². The van der Waals surface area contributed by atoms with Crippen LogP contribution in [0.5, 0.6) is 0 Å². The van der Waals surface area contributed by atoms with Gasteiger partial charge >= 0.3 is 0 Å². The summed E-state index contributed by atoms with van der Waals surface area (Å²) in [4.78, 5) is 0. The summed E-state index contributed by atoms with van der Waals surface area (Å²) in [6.07, 6.45) is 0.619. The van der Waals surface area contributed by atoms with Crippen molar-refractivity contribution < 1.29 is 4.74 Å². The van der Waals surface area contributed by atoms with E-state index in [9.17, 15) is 0 Å². The third-order valence-corrected chi connectivity index (χ3v) is 1.45. The lowest BCUT2D eigenvalue weighted by Gasteiger charge is -1.92. The Morgan fingerprint density at radius 1 is 1.75 bits per heavy atom. The van der Waals surface area contributed by atoms with E-state index in [1.807, 2.05) is 0 Å². The highest BCUT2D eigenvalue weighted by Crippen LogP contribution is 1.99. The number of hydrogen-bond acceptors (Lipinski definition) is 3. The molecule has 0 aromatic heterocycles. The SMILES string of the molecule is COCSCCC#N. The standard InChI is InChI=1S/C5H9NOS/c1-7-5-8-4-2-3-6/h2,4-5H2,1H3. The molecule has 0 saturated heterocycles. The molecule has 0 atom stereocenters. The maximum absolute atomic E-state index is 8.06. The molecule has 0 amide bonds. The summed E-state index contributed by atoms with van der Waals surface area (Å²) >= 11 is 1.63. The van der Waals surface area contributed by atoms with Gasteiger partial charge in [0.15, 0.2) is 0 Å². The Labute approximate surface area is 53.8 Å². The highest BCUT2D eigenvalue weighted by Gasteiger charge is 1.83. The molecule has 0 spiro atoms. The minimum Gasteiger partial charge on any atom is -0.374 e. The molecule has 2 nitrogen and oxygen atoms in total. The van der Waals surface area contributed by atoms with Crippen LogP contribution >= 0.6 is 11.8 Å². The molecule has 0 aliphatic rings. The molecule has 0 heterocycles. The van der Waals surface area contributed by atoms with Crippen LogP contribution in [0.4, 0.5) is 0 Å². The number of hydrogen-bond donors (Lipinski definition) is 0.